The molecule has 0 saturated heterocycles. The second-order valence-electron chi connectivity index (χ2n) is 4.41. The van der Waals surface area contributed by atoms with Crippen molar-refractivity contribution in [3.63, 3.8) is 0 Å². The van der Waals surface area contributed by atoms with Crippen LogP contribution in [0.3, 0.4) is 0 Å². The van der Waals surface area contributed by atoms with Crippen LogP contribution in [0.1, 0.15) is 5.56 Å². The number of amides is 1. The van der Waals surface area contributed by atoms with Gasteiger partial charge in [0.25, 0.3) is 0 Å². The summed E-state index contributed by atoms with van der Waals surface area (Å²) in [6, 6.07) is 7.58. The van der Waals surface area contributed by atoms with Gasteiger partial charge in [-0.15, -0.1) is 0 Å². The zero-order valence-electron chi connectivity index (χ0n) is 10.1. The maximum Gasteiger partial charge on any atom is 0.323 e. The first-order valence-corrected chi connectivity index (χ1v) is 5.75. The lowest BCUT2D eigenvalue weighted by Gasteiger charge is -2.27. The minimum Gasteiger partial charge on any atom is -0.492 e. The Kier molecular flexibility index (Phi) is 3.50. The number of likely N-dealkylation sites (N-methyl/N-ethyl adjacent to an activating group) is 1. The SMILES string of the molecule is CN(CC(=O)O)C(=O)C1COc2ccccc2C1. The molecule has 5 heteroatoms. The summed E-state index contributed by atoms with van der Waals surface area (Å²) in [4.78, 5) is 23.8. The molecule has 96 valence electrons. The molecule has 0 aromatic heterocycles. The zero-order chi connectivity index (χ0) is 13.1. The van der Waals surface area contributed by atoms with E-state index in [0.29, 0.717) is 13.0 Å². The molecule has 0 radical (unpaired) electrons. The number of para-hydroxylation sites is 1. The summed E-state index contributed by atoms with van der Waals surface area (Å²) in [5.74, 6) is -0.693. The van der Waals surface area contributed by atoms with Crippen molar-refractivity contribution < 1.29 is 19.4 Å². The molecule has 1 aromatic rings. The molecule has 1 atom stereocenters. The van der Waals surface area contributed by atoms with Crippen molar-refractivity contribution in [1.29, 1.82) is 0 Å². The second kappa shape index (κ2) is 5.08. The predicted octanol–water partition coefficient (Wildman–Crippen LogP) is 0.781. The van der Waals surface area contributed by atoms with Crippen LogP contribution in [0.5, 0.6) is 5.75 Å². The third-order valence-corrected chi connectivity index (χ3v) is 2.98. The Hall–Kier alpha value is -2.04. The van der Waals surface area contributed by atoms with Gasteiger partial charge in [-0.2, -0.15) is 0 Å². The van der Waals surface area contributed by atoms with Crippen molar-refractivity contribution in [2.75, 3.05) is 20.2 Å². The van der Waals surface area contributed by atoms with Crippen molar-refractivity contribution in [3.8, 4) is 5.75 Å². The minimum absolute atomic E-state index is 0.188. The number of nitrogens with zero attached hydrogens (tertiary/aromatic N) is 1. The van der Waals surface area contributed by atoms with Gasteiger partial charge < -0.3 is 14.7 Å². The summed E-state index contributed by atoms with van der Waals surface area (Å²) in [5, 5.41) is 8.66. The number of carbonyl (C=O) groups excluding carboxylic acids is 1. The van der Waals surface area contributed by atoms with Crippen LogP contribution in [0, 0.1) is 5.92 Å². The molecule has 1 aromatic carbocycles. The lowest BCUT2D eigenvalue weighted by atomic mass is 9.95. The Bertz CT molecular complexity index is 472. The van der Waals surface area contributed by atoms with Crippen LogP contribution in [0.4, 0.5) is 0 Å². The number of aliphatic carboxylic acids is 1. The fourth-order valence-electron chi connectivity index (χ4n) is 2.08. The molecular formula is C13H15NO4. The van der Waals surface area contributed by atoms with E-state index in [4.69, 9.17) is 9.84 Å². The Morgan fingerprint density at radius 1 is 1.44 bits per heavy atom. The molecule has 1 aliphatic rings. The van der Waals surface area contributed by atoms with Crippen LogP contribution in [-0.4, -0.2) is 42.1 Å². The third kappa shape index (κ3) is 2.61. The molecule has 0 bridgehead atoms. The van der Waals surface area contributed by atoms with Gasteiger partial charge in [0.05, 0.1) is 5.92 Å². The molecule has 1 amide bonds. The number of ether oxygens (including phenoxy) is 1. The van der Waals surface area contributed by atoms with Crippen molar-refractivity contribution in [2.45, 2.75) is 6.42 Å². The van der Waals surface area contributed by atoms with Crippen LogP contribution in [0.2, 0.25) is 0 Å². The van der Waals surface area contributed by atoms with E-state index in [1.54, 1.807) is 0 Å². The van der Waals surface area contributed by atoms with Crippen LogP contribution in [0.25, 0.3) is 0 Å². The summed E-state index contributed by atoms with van der Waals surface area (Å²) in [7, 11) is 1.50. The summed E-state index contributed by atoms with van der Waals surface area (Å²) >= 11 is 0. The number of hydrogen-bond acceptors (Lipinski definition) is 3. The van der Waals surface area contributed by atoms with Gasteiger partial charge in [-0.05, 0) is 18.1 Å². The predicted molar refractivity (Wildman–Crippen MR) is 64.4 cm³/mol. The van der Waals surface area contributed by atoms with Crippen LogP contribution < -0.4 is 4.74 Å². The van der Waals surface area contributed by atoms with Gasteiger partial charge in [-0.25, -0.2) is 0 Å². The van der Waals surface area contributed by atoms with Gasteiger partial charge in [-0.3, -0.25) is 9.59 Å². The van der Waals surface area contributed by atoms with Gasteiger partial charge in [0, 0.05) is 7.05 Å². The van der Waals surface area contributed by atoms with Crippen molar-refractivity contribution in [3.05, 3.63) is 29.8 Å². The second-order valence-corrected chi connectivity index (χ2v) is 4.41. The average Bonchev–Trinajstić information content (AvgIpc) is 2.36. The molecule has 0 aliphatic carbocycles. The first kappa shape index (κ1) is 12.4. The summed E-state index contributed by atoms with van der Waals surface area (Å²) in [5.41, 5.74) is 0.992. The lowest BCUT2D eigenvalue weighted by Crippen LogP contribution is -2.40. The quantitative estimate of drug-likeness (QED) is 0.859. The number of carbonyl (C=O) groups is 2. The van der Waals surface area contributed by atoms with Crippen LogP contribution in [0.15, 0.2) is 24.3 Å². The van der Waals surface area contributed by atoms with E-state index in [-0.39, 0.29) is 18.4 Å². The normalized spacial score (nSPS) is 17.5. The fraction of sp³-hybridized carbons (Fsp3) is 0.385. The number of fused-ring (bicyclic) bond motifs is 1. The molecule has 18 heavy (non-hydrogen) atoms. The summed E-state index contributed by atoms with van der Waals surface area (Å²) in [6.45, 7) is 0.0246. The molecule has 1 N–H and O–H groups in total. The standard InChI is InChI=1S/C13H15NO4/c1-14(7-12(15)16)13(17)10-6-9-4-2-3-5-11(9)18-8-10/h2-5,10H,6-8H2,1H3,(H,15,16). The monoisotopic (exact) mass is 249 g/mol. The Morgan fingerprint density at radius 2 is 2.17 bits per heavy atom. The van der Waals surface area contributed by atoms with Gasteiger partial charge in [0.1, 0.15) is 18.9 Å². The topological polar surface area (TPSA) is 66.8 Å². The van der Waals surface area contributed by atoms with Gasteiger partial charge in [0.15, 0.2) is 0 Å². The summed E-state index contributed by atoms with van der Waals surface area (Å²) < 4.78 is 5.52. The number of rotatable bonds is 3. The highest BCUT2D eigenvalue weighted by Crippen LogP contribution is 2.27. The molecule has 1 aliphatic heterocycles. The first-order chi connectivity index (χ1) is 8.58. The molecule has 1 heterocycles. The van der Waals surface area contributed by atoms with Crippen molar-refractivity contribution >= 4 is 11.9 Å². The van der Waals surface area contributed by atoms with E-state index in [1.165, 1.54) is 11.9 Å². The molecule has 0 spiro atoms. The van der Waals surface area contributed by atoms with E-state index in [9.17, 15) is 9.59 Å². The highest BCUT2D eigenvalue weighted by atomic mass is 16.5. The third-order valence-electron chi connectivity index (χ3n) is 2.98. The molecule has 5 nitrogen and oxygen atoms in total. The molecular weight excluding hydrogens is 234 g/mol. The Morgan fingerprint density at radius 3 is 2.89 bits per heavy atom. The van der Waals surface area contributed by atoms with E-state index in [2.05, 4.69) is 0 Å². The smallest absolute Gasteiger partial charge is 0.323 e. The minimum atomic E-state index is -1.01. The maximum atomic E-state index is 12.0. The van der Waals surface area contributed by atoms with E-state index < -0.39 is 5.97 Å². The lowest BCUT2D eigenvalue weighted by molar-refractivity contribution is -0.145. The van der Waals surface area contributed by atoms with Crippen LogP contribution >= 0.6 is 0 Å². The highest BCUT2D eigenvalue weighted by molar-refractivity contribution is 5.83. The van der Waals surface area contributed by atoms with E-state index in [0.717, 1.165) is 11.3 Å². The van der Waals surface area contributed by atoms with Crippen LogP contribution in [-0.2, 0) is 16.0 Å². The van der Waals surface area contributed by atoms with E-state index >= 15 is 0 Å². The zero-order valence-corrected chi connectivity index (χ0v) is 10.1. The molecule has 0 fully saturated rings. The molecule has 1 unspecified atom stereocenters. The highest BCUT2D eigenvalue weighted by Gasteiger charge is 2.28. The largest absolute Gasteiger partial charge is 0.492 e. The summed E-state index contributed by atoms with van der Waals surface area (Å²) in [6.07, 6.45) is 0.596. The van der Waals surface area contributed by atoms with Crippen molar-refractivity contribution in [2.24, 2.45) is 5.92 Å². The average molecular weight is 249 g/mol. The first-order valence-electron chi connectivity index (χ1n) is 5.75. The number of carboxylic acids is 1. The molecule has 2 rings (SSSR count). The van der Waals surface area contributed by atoms with Gasteiger partial charge >= 0.3 is 5.97 Å². The van der Waals surface area contributed by atoms with E-state index in [1.807, 2.05) is 24.3 Å². The fourth-order valence-corrected chi connectivity index (χ4v) is 2.08. The Labute approximate surface area is 105 Å². The van der Waals surface area contributed by atoms with Crippen molar-refractivity contribution in [1.82, 2.24) is 4.90 Å². The van der Waals surface area contributed by atoms with Gasteiger partial charge in [0.2, 0.25) is 5.91 Å². The maximum absolute atomic E-state index is 12.0. The molecule has 0 saturated carbocycles. The number of carboxylic acid groups (broad SMARTS) is 1. The number of hydrogen-bond donors (Lipinski definition) is 1. The Balaban J connectivity index is 2.04. The van der Waals surface area contributed by atoms with Gasteiger partial charge in [-0.1, -0.05) is 18.2 Å². The number of benzene rings is 1.